The molecule has 11 heteroatoms. The van der Waals surface area contributed by atoms with E-state index in [9.17, 15) is 14.7 Å². The van der Waals surface area contributed by atoms with E-state index in [2.05, 4.69) is 15.3 Å². The van der Waals surface area contributed by atoms with Crippen LogP contribution < -0.4 is 16.8 Å². The molecule has 0 saturated heterocycles. The molecule has 3 heterocycles. The lowest BCUT2D eigenvalue weighted by atomic mass is 10.0. The van der Waals surface area contributed by atoms with Crippen molar-refractivity contribution in [1.29, 1.82) is 0 Å². The van der Waals surface area contributed by atoms with E-state index in [4.69, 9.17) is 16.3 Å². The Hall–Kier alpha value is -5.00. The van der Waals surface area contributed by atoms with Crippen molar-refractivity contribution in [3.8, 4) is 0 Å². The molecule has 2 aromatic carbocycles. The third kappa shape index (κ3) is 6.43. The Labute approximate surface area is 236 Å². The first-order chi connectivity index (χ1) is 19.8. The largest absolute Gasteiger partial charge is 0.399 e. The lowest BCUT2D eigenvalue weighted by molar-refractivity contribution is -0.187. The van der Waals surface area contributed by atoms with Gasteiger partial charge in [-0.2, -0.15) is 0 Å². The molecule has 0 spiro atoms. The summed E-state index contributed by atoms with van der Waals surface area (Å²) < 4.78 is 1.73. The van der Waals surface area contributed by atoms with E-state index in [0.717, 1.165) is 5.56 Å². The molecule has 41 heavy (non-hydrogen) atoms. The topological polar surface area (TPSA) is 161 Å². The summed E-state index contributed by atoms with van der Waals surface area (Å²) in [5.74, 6) is -0.381. The van der Waals surface area contributed by atoms with Gasteiger partial charge in [-0.05, 0) is 54.5 Å². The van der Waals surface area contributed by atoms with E-state index >= 15 is 0 Å². The Morgan fingerprint density at radius 2 is 1.90 bits per heavy atom. The van der Waals surface area contributed by atoms with Crippen molar-refractivity contribution in [1.82, 2.24) is 14.4 Å². The summed E-state index contributed by atoms with van der Waals surface area (Å²) in [5, 5.41) is 13.5. The molecule has 0 atom stereocenters. The predicted molar refractivity (Wildman–Crippen MR) is 157 cm³/mol. The molecule has 2 aromatic heterocycles. The van der Waals surface area contributed by atoms with Gasteiger partial charge in [0.25, 0.3) is 11.8 Å². The van der Waals surface area contributed by atoms with Crippen molar-refractivity contribution < 1.29 is 19.5 Å². The lowest BCUT2D eigenvalue weighted by Gasteiger charge is -2.22. The molecule has 1 aliphatic rings. The zero-order valence-corrected chi connectivity index (χ0v) is 22.6. The van der Waals surface area contributed by atoms with E-state index in [1.54, 1.807) is 65.3 Å². The number of pyridine rings is 1. The van der Waals surface area contributed by atoms with Crippen LogP contribution in [-0.4, -0.2) is 43.7 Å². The van der Waals surface area contributed by atoms with Crippen molar-refractivity contribution in [2.24, 2.45) is 10.7 Å². The van der Waals surface area contributed by atoms with Crippen LogP contribution in [0, 0.1) is 0 Å². The molecular weight excluding hydrogens is 522 g/mol. The third-order valence-electron chi connectivity index (χ3n) is 6.47. The van der Waals surface area contributed by atoms with E-state index < -0.39 is 0 Å². The monoisotopic (exact) mass is 553 g/mol. The first-order valence-corrected chi connectivity index (χ1v) is 13.2. The number of hydrogen-bond acceptors (Lipinski definition) is 8. The molecule has 0 bridgehead atoms. The van der Waals surface area contributed by atoms with Crippen molar-refractivity contribution in [2.75, 3.05) is 17.6 Å². The number of aliphatic hydroxyl groups excluding tert-OH is 1. The van der Waals surface area contributed by atoms with Crippen LogP contribution in [0.2, 0.25) is 0 Å². The average molecular weight is 554 g/mol. The number of amidine groups is 1. The smallest absolute Gasteiger partial charge is 0.273 e. The summed E-state index contributed by atoms with van der Waals surface area (Å²) in [6.07, 6.45) is 6.00. The number of aromatic nitrogens is 2. The predicted octanol–water partition coefficient (Wildman–Crippen LogP) is 3.81. The van der Waals surface area contributed by atoms with Crippen LogP contribution in [-0.2, 0) is 22.8 Å². The third-order valence-corrected chi connectivity index (χ3v) is 6.47. The number of aliphatic imine (C=N–C) groups is 1. The number of aliphatic hydroxyl groups is 1. The van der Waals surface area contributed by atoms with Gasteiger partial charge < -0.3 is 26.3 Å². The molecule has 2 amide bonds. The maximum atomic E-state index is 13.5. The number of nitrogens with one attached hydrogen (secondary N) is 1. The minimum absolute atomic E-state index is 0.140. The molecule has 0 fully saturated rings. The number of carbonyl (C=O) groups excluding carboxylic acids is 2. The molecule has 210 valence electrons. The van der Waals surface area contributed by atoms with Crippen molar-refractivity contribution in [3.63, 3.8) is 0 Å². The van der Waals surface area contributed by atoms with Gasteiger partial charge >= 0.3 is 0 Å². The maximum Gasteiger partial charge on any atom is 0.273 e. The Morgan fingerprint density at radius 3 is 2.66 bits per heavy atom. The van der Waals surface area contributed by atoms with Crippen LogP contribution in [0.15, 0.2) is 77.6 Å². The Balaban J connectivity index is 1.33. The van der Waals surface area contributed by atoms with E-state index in [0.29, 0.717) is 58.1 Å². The number of imidazole rings is 1. The fourth-order valence-electron chi connectivity index (χ4n) is 4.42. The Morgan fingerprint density at radius 1 is 1.10 bits per heavy atom. The first-order valence-electron chi connectivity index (χ1n) is 13.2. The molecule has 1 aliphatic heterocycles. The van der Waals surface area contributed by atoms with Gasteiger partial charge in [-0.3, -0.25) is 14.4 Å². The van der Waals surface area contributed by atoms with Crippen LogP contribution >= 0.6 is 0 Å². The minimum Gasteiger partial charge on any atom is -0.399 e. The maximum absolute atomic E-state index is 13.5. The quantitative estimate of drug-likeness (QED) is 0.181. The standard InChI is InChI=1S/C30H31N7O4/c1-2-11-37(41-18-19-3-7-23(31)8-4-19)30(40)22-12-20-5-6-21(13-26(20)35-27(32)14-22)29(39)34-24-9-10-28-33-25(17-38)16-36(28)15-24/h3-10,12-13,15-16,38H,2,11,14,17-18,31H2,1H3,(H2,32,35)(H,34,39). The number of fused-ring (bicyclic) bond motifs is 2. The highest BCUT2D eigenvalue weighted by Gasteiger charge is 2.23. The number of nitrogen functional groups attached to an aromatic ring is 1. The first kappa shape index (κ1) is 27.6. The van der Waals surface area contributed by atoms with Crippen LogP contribution in [0.25, 0.3) is 11.7 Å². The van der Waals surface area contributed by atoms with Crippen molar-refractivity contribution in [3.05, 3.63) is 94.9 Å². The summed E-state index contributed by atoms with van der Waals surface area (Å²) in [7, 11) is 0. The second-order valence-electron chi connectivity index (χ2n) is 9.67. The number of benzene rings is 2. The molecule has 0 unspecified atom stereocenters. The summed E-state index contributed by atoms with van der Waals surface area (Å²) >= 11 is 0. The fourth-order valence-corrected chi connectivity index (χ4v) is 4.42. The number of hydrogen-bond donors (Lipinski definition) is 4. The van der Waals surface area contributed by atoms with Crippen LogP contribution in [0.1, 0.15) is 46.9 Å². The van der Waals surface area contributed by atoms with Crippen molar-refractivity contribution in [2.45, 2.75) is 33.0 Å². The zero-order chi connectivity index (χ0) is 28.9. The normalized spacial score (nSPS) is 12.7. The van der Waals surface area contributed by atoms with Crippen LogP contribution in [0.5, 0.6) is 0 Å². The molecule has 4 aromatic rings. The molecule has 0 radical (unpaired) electrons. The number of anilines is 2. The summed E-state index contributed by atoms with van der Waals surface area (Å²) in [5.41, 5.74) is 17.2. The number of amides is 2. The molecule has 0 saturated carbocycles. The average Bonchev–Trinajstić information content (AvgIpc) is 3.30. The van der Waals surface area contributed by atoms with Gasteiger partial charge in [0.2, 0.25) is 0 Å². The van der Waals surface area contributed by atoms with E-state index in [1.165, 1.54) is 5.06 Å². The lowest BCUT2D eigenvalue weighted by Crippen LogP contribution is -2.34. The zero-order valence-electron chi connectivity index (χ0n) is 22.6. The van der Waals surface area contributed by atoms with Gasteiger partial charge in [0.1, 0.15) is 18.1 Å². The Kier molecular flexibility index (Phi) is 8.09. The van der Waals surface area contributed by atoms with Crippen molar-refractivity contribution >= 4 is 46.4 Å². The fraction of sp³-hybridized carbons (Fsp3) is 0.200. The molecule has 5 rings (SSSR count). The van der Waals surface area contributed by atoms with Crippen LogP contribution in [0.4, 0.5) is 17.1 Å². The molecular formula is C30H31N7O4. The SMILES string of the molecule is CCCN(OCc1ccc(N)cc1)C(=O)C1=Cc2ccc(C(=O)Nc3ccc4nc(CO)cn4c3)cc2N=C(N)C1. The van der Waals surface area contributed by atoms with Gasteiger partial charge in [-0.15, -0.1) is 0 Å². The highest BCUT2D eigenvalue weighted by Crippen LogP contribution is 2.29. The summed E-state index contributed by atoms with van der Waals surface area (Å²) in [6, 6.07) is 15.8. The van der Waals surface area contributed by atoms with Gasteiger partial charge in [0, 0.05) is 47.7 Å². The van der Waals surface area contributed by atoms with Gasteiger partial charge in [0.05, 0.1) is 23.7 Å². The van der Waals surface area contributed by atoms with E-state index in [1.807, 2.05) is 19.1 Å². The summed E-state index contributed by atoms with van der Waals surface area (Å²) in [4.78, 5) is 41.2. The highest BCUT2D eigenvalue weighted by molar-refractivity contribution is 6.07. The Bertz CT molecular complexity index is 1660. The number of hydroxylamine groups is 2. The second kappa shape index (κ2) is 12.0. The number of nitrogens with two attached hydrogens (primary N) is 2. The number of carbonyl (C=O) groups is 2. The number of nitrogens with zero attached hydrogens (tertiary/aromatic N) is 4. The highest BCUT2D eigenvalue weighted by atomic mass is 16.7. The van der Waals surface area contributed by atoms with Gasteiger partial charge in [-0.1, -0.05) is 25.1 Å². The summed E-state index contributed by atoms with van der Waals surface area (Å²) in [6.45, 7) is 2.41. The van der Waals surface area contributed by atoms with Gasteiger partial charge in [0.15, 0.2) is 0 Å². The van der Waals surface area contributed by atoms with Crippen LogP contribution in [0.3, 0.4) is 0 Å². The number of rotatable bonds is 9. The van der Waals surface area contributed by atoms with Gasteiger partial charge in [-0.25, -0.2) is 15.0 Å². The molecule has 0 aliphatic carbocycles. The molecule has 6 N–H and O–H groups in total. The van der Waals surface area contributed by atoms with E-state index in [-0.39, 0.29) is 37.3 Å². The minimum atomic E-state index is -0.335. The second-order valence-corrected chi connectivity index (χ2v) is 9.67. The molecule has 11 nitrogen and oxygen atoms in total.